The van der Waals surface area contributed by atoms with Crippen LogP contribution in [-0.4, -0.2) is 60.5 Å². The molecule has 0 heterocycles. The third-order valence-corrected chi connectivity index (χ3v) is 10.9. The smallest absolute Gasteiger partial charge is 0.258 e. The van der Waals surface area contributed by atoms with Gasteiger partial charge in [-0.1, -0.05) is 35.3 Å². The highest BCUT2D eigenvalue weighted by atomic mass is 35.5. The van der Waals surface area contributed by atoms with Crippen molar-refractivity contribution in [3.8, 4) is 11.5 Å². The van der Waals surface area contributed by atoms with E-state index in [2.05, 4.69) is 41.7 Å². The molecule has 0 saturated heterocycles. The molecule has 0 saturated carbocycles. The third kappa shape index (κ3) is 15.0. The summed E-state index contributed by atoms with van der Waals surface area (Å²) in [6.07, 6.45) is 0. The number of ketones is 2. The Bertz CT molecular complexity index is 2820. The molecule has 5 rings (SSSR count). The monoisotopic (exact) mass is 1040 g/mol. The zero-order valence-electron chi connectivity index (χ0n) is 37.7. The molecule has 0 radical (unpaired) electrons. The molecule has 69 heavy (non-hydrogen) atoms. The SMILES string of the molecule is CCOc1ccc(CCl)cc1NC(=O)c1cc(Cl)cc(N=NC(C(C)=O)C(=O)Nc2ccc(NC(=O)C(N=Nc3cc(Cl)cc(C(=O)Nc4cc(CCl)ccc4OCC)c3)C(C)=O)c(C(C)Cl)c2)c1. The molecule has 0 aliphatic carbocycles. The fourth-order valence-corrected chi connectivity index (χ4v) is 7.35. The van der Waals surface area contributed by atoms with Gasteiger partial charge in [-0.15, -0.1) is 34.8 Å². The van der Waals surface area contributed by atoms with Gasteiger partial charge in [-0.3, -0.25) is 28.8 Å². The summed E-state index contributed by atoms with van der Waals surface area (Å²) in [5, 5.41) is 26.5. The van der Waals surface area contributed by atoms with Crippen molar-refractivity contribution in [3.63, 3.8) is 0 Å². The van der Waals surface area contributed by atoms with Gasteiger partial charge >= 0.3 is 0 Å². The van der Waals surface area contributed by atoms with Crippen molar-refractivity contribution >= 4 is 127 Å². The molecule has 16 nitrogen and oxygen atoms in total. The van der Waals surface area contributed by atoms with Gasteiger partial charge in [0.1, 0.15) is 11.5 Å². The molecule has 360 valence electrons. The Morgan fingerprint density at radius 3 is 1.42 bits per heavy atom. The predicted molar refractivity (Wildman–Crippen MR) is 269 cm³/mol. The van der Waals surface area contributed by atoms with Crippen molar-refractivity contribution in [2.45, 2.75) is 63.8 Å². The number of ether oxygens (including phenoxy) is 2. The molecule has 21 heteroatoms. The molecule has 5 aromatic carbocycles. The van der Waals surface area contributed by atoms with E-state index in [9.17, 15) is 28.8 Å². The maximum atomic E-state index is 13.6. The van der Waals surface area contributed by atoms with Crippen LogP contribution in [-0.2, 0) is 30.9 Å². The van der Waals surface area contributed by atoms with Gasteiger partial charge in [0, 0.05) is 44.3 Å². The Morgan fingerprint density at radius 1 is 0.565 bits per heavy atom. The predicted octanol–water partition coefficient (Wildman–Crippen LogP) is 12.4. The lowest BCUT2D eigenvalue weighted by Crippen LogP contribution is -2.32. The minimum atomic E-state index is -1.64. The number of alkyl halides is 3. The second kappa shape index (κ2) is 25.3. The average molecular weight is 1040 g/mol. The van der Waals surface area contributed by atoms with E-state index in [0.717, 1.165) is 25.0 Å². The van der Waals surface area contributed by atoms with E-state index in [1.807, 2.05) is 0 Å². The Labute approximate surface area is 422 Å². The molecule has 3 atom stereocenters. The van der Waals surface area contributed by atoms with Gasteiger partial charge in [0.15, 0.2) is 11.6 Å². The highest BCUT2D eigenvalue weighted by Crippen LogP contribution is 2.33. The lowest BCUT2D eigenvalue weighted by atomic mass is 10.1. The fraction of sp³-hybridized carbons (Fsp3) is 0.250. The number of carbonyl (C=O) groups is 6. The van der Waals surface area contributed by atoms with Crippen LogP contribution in [0, 0.1) is 0 Å². The first-order chi connectivity index (χ1) is 32.9. The number of nitrogens with zero attached hydrogens (tertiary/aromatic N) is 4. The van der Waals surface area contributed by atoms with Crippen molar-refractivity contribution < 1.29 is 38.2 Å². The van der Waals surface area contributed by atoms with E-state index in [0.29, 0.717) is 41.7 Å². The number of azo groups is 2. The molecule has 4 amide bonds. The molecule has 0 fully saturated rings. The summed E-state index contributed by atoms with van der Waals surface area (Å²) < 4.78 is 11.3. The number of amides is 4. The van der Waals surface area contributed by atoms with Crippen molar-refractivity contribution in [2.24, 2.45) is 20.5 Å². The summed E-state index contributed by atoms with van der Waals surface area (Å²) >= 11 is 31.2. The van der Waals surface area contributed by atoms with Gasteiger partial charge < -0.3 is 30.7 Å². The zero-order valence-corrected chi connectivity index (χ0v) is 41.4. The Kier molecular flexibility index (Phi) is 19.6. The van der Waals surface area contributed by atoms with Crippen LogP contribution in [0.1, 0.15) is 77.4 Å². The van der Waals surface area contributed by atoms with Crippen molar-refractivity contribution in [2.75, 3.05) is 34.5 Å². The van der Waals surface area contributed by atoms with Gasteiger partial charge in [0.2, 0.25) is 12.1 Å². The first kappa shape index (κ1) is 53.5. The Balaban J connectivity index is 1.29. The van der Waals surface area contributed by atoms with E-state index >= 15 is 0 Å². The molecule has 0 aliphatic heterocycles. The second-order valence-electron chi connectivity index (χ2n) is 15.0. The van der Waals surface area contributed by atoms with Crippen LogP contribution >= 0.6 is 58.0 Å². The van der Waals surface area contributed by atoms with Crippen molar-refractivity contribution in [3.05, 3.63) is 129 Å². The number of Topliss-reactive ketones (excluding diaryl/α,β-unsaturated/α-hetero) is 2. The molecular weight excluding hydrogens is 994 g/mol. The normalized spacial score (nSPS) is 12.5. The minimum absolute atomic E-state index is 0.0758. The zero-order chi connectivity index (χ0) is 50.4. The maximum Gasteiger partial charge on any atom is 0.258 e. The number of hydrogen-bond donors (Lipinski definition) is 4. The number of nitrogens with one attached hydrogen (secondary N) is 4. The molecule has 3 unspecified atom stereocenters. The molecular formula is C48H45Cl5N8O8. The molecule has 4 N–H and O–H groups in total. The third-order valence-electron chi connectivity index (χ3n) is 9.63. The van der Waals surface area contributed by atoms with Crippen LogP contribution in [0.2, 0.25) is 10.0 Å². The molecule has 0 aromatic heterocycles. The first-order valence-electron chi connectivity index (χ1n) is 21.0. The van der Waals surface area contributed by atoms with Gasteiger partial charge in [-0.2, -0.15) is 20.5 Å². The summed E-state index contributed by atoms with van der Waals surface area (Å²) in [5.74, 6) is -2.85. The van der Waals surface area contributed by atoms with Crippen LogP contribution in [0.25, 0.3) is 0 Å². The van der Waals surface area contributed by atoms with E-state index in [4.69, 9.17) is 67.5 Å². The largest absolute Gasteiger partial charge is 0.492 e. The van der Waals surface area contributed by atoms with Crippen molar-refractivity contribution in [1.29, 1.82) is 0 Å². The number of halogens is 5. The minimum Gasteiger partial charge on any atom is -0.492 e. The van der Waals surface area contributed by atoms with E-state index in [1.54, 1.807) is 57.2 Å². The topological polar surface area (TPSA) is 218 Å². The highest BCUT2D eigenvalue weighted by molar-refractivity contribution is 6.32. The van der Waals surface area contributed by atoms with Crippen molar-refractivity contribution in [1.82, 2.24) is 0 Å². The maximum absolute atomic E-state index is 13.6. The van der Waals surface area contributed by atoms with Crippen LogP contribution in [0.4, 0.5) is 34.1 Å². The number of carbonyl (C=O) groups excluding carboxylic acids is 6. The van der Waals surface area contributed by atoms with E-state index < -0.39 is 52.7 Å². The van der Waals surface area contributed by atoms with Gasteiger partial charge in [-0.25, -0.2) is 0 Å². The van der Waals surface area contributed by atoms with Crippen LogP contribution in [0.15, 0.2) is 111 Å². The lowest BCUT2D eigenvalue weighted by Gasteiger charge is -2.17. The summed E-state index contributed by atoms with van der Waals surface area (Å²) in [5.41, 5.74) is 3.31. The fourth-order valence-electron chi connectivity index (χ4n) is 6.37. The van der Waals surface area contributed by atoms with Crippen LogP contribution in [0.5, 0.6) is 11.5 Å². The van der Waals surface area contributed by atoms with Gasteiger partial charge in [-0.05, 0) is 130 Å². The molecule has 0 bridgehead atoms. The highest BCUT2D eigenvalue weighted by Gasteiger charge is 2.27. The lowest BCUT2D eigenvalue weighted by molar-refractivity contribution is -0.127. The second-order valence-corrected chi connectivity index (χ2v) is 17.0. The van der Waals surface area contributed by atoms with E-state index in [1.165, 1.54) is 54.6 Å². The number of hydrogen-bond acceptors (Lipinski definition) is 12. The summed E-state index contributed by atoms with van der Waals surface area (Å²) in [6, 6.07) is 19.7. The number of benzene rings is 5. The Hall–Kier alpha value is -6.43. The first-order valence-corrected chi connectivity index (χ1v) is 23.3. The number of anilines is 4. The van der Waals surface area contributed by atoms with Crippen LogP contribution in [0.3, 0.4) is 0 Å². The quantitative estimate of drug-likeness (QED) is 0.0314. The summed E-state index contributed by atoms with van der Waals surface area (Å²) in [6.45, 7) is 8.24. The van der Waals surface area contributed by atoms with Crippen LogP contribution < -0.4 is 30.7 Å². The molecule has 5 aromatic rings. The average Bonchev–Trinajstić information content (AvgIpc) is 3.30. The summed E-state index contributed by atoms with van der Waals surface area (Å²) in [4.78, 5) is 79.2. The number of rotatable bonds is 21. The standard InChI is InChI=1S/C48H45Cl5N8O8/c1-6-68-41-12-8-28(23-49)14-39(41)56-45(64)30-16-32(52)20-35(18-30)58-60-43(26(4)62)47(66)54-34-10-11-38(37(22-34)25(3)51)55-48(67)44(27(5)63)61-59-36-19-31(17-33(53)21-36)46(65)57-40-15-29(24-50)9-13-42(40)69-7-2/h8-22,25,43-44H,6-7,23-24H2,1-5H3,(H,54,66)(H,55,67)(H,56,64)(H,57,65). The Morgan fingerprint density at radius 2 is 1.01 bits per heavy atom. The van der Waals surface area contributed by atoms with Gasteiger partial charge in [0.25, 0.3) is 23.6 Å². The molecule has 0 aliphatic rings. The summed E-state index contributed by atoms with van der Waals surface area (Å²) in [7, 11) is 0. The van der Waals surface area contributed by atoms with E-state index in [-0.39, 0.29) is 55.7 Å². The molecule has 0 spiro atoms. The van der Waals surface area contributed by atoms with Gasteiger partial charge in [0.05, 0.1) is 41.3 Å².